The van der Waals surface area contributed by atoms with Crippen molar-refractivity contribution in [3.05, 3.63) is 23.1 Å². The SMILES string of the molecule is [N-]=[N+]=N[C@@H]1C[C@@H](n2cnc3c(N)ncnc32)O[C@H]1COP(=O)(O)OP(=O)(O)OP(=O)(O)O. The fourth-order valence-corrected chi connectivity index (χ4v) is 5.81. The molecule has 3 heterocycles. The Kier molecular flexibility index (Phi) is 7.02. The van der Waals surface area contributed by atoms with Crippen molar-refractivity contribution >= 4 is 40.4 Å². The lowest BCUT2D eigenvalue weighted by Gasteiger charge is -2.19. The van der Waals surface area contributed by atoms with E-state index in [9.17, 15) is 23.5 Å². The molecule has 5 atom stereocenters. The Labute approximate surface area is 177 Å². The van der Waals surface area contributed by atoms with Gasteiger partial charge in [-0.15, -0.1) is 0 Å². The predicted octanol–water partition coefficient (Wildman–Crippen LogP) is 0.718. The predicted molar refractivity (Wildman–Crippen MR) is 101 cm³/mol. The molecule has 3 rings (SSSR count). The number of nitrogen functional groups attached to an aromatic ring is 1. The Balaban J connectivity index is 1.72. The summed E-state index contributed by atoms with van der Waals surface area (Å²) >= 11 is 0. The Morgan fingerprint density at radius 2 is 1.94 bits per heavy atom. The molecule has 0 amide bonds. The van der Waals surface area contributed by atoms with Crippen LogP contribution in [0.15, 0.2) is 17.8 Å². The van der Waals surface area contributed by atoms with Crippen molar-refractivity contribution in [3.63, 3.8) is 0 Å². The van der Waals surface area contributed by atoms with Crippen LogP contribution in [0.4, 0.5) is 5.82 Å². The second kappa shape index (κ2) is 9.11. The van der Waals surface area contributed by atoms with Gasteiger partial charge < -0.3 is 30.0 Å². The van der Waals surface area contributed by atoms with E-state index in [1.54, 1.807) is 0 Å². The first kappa shape index (κ1) is 24.7. The highest BCUT2D eigenvalue weighted by atomic mass is 31.3. The molecule has 0 aliphatic carbocycles. The van der Waals surface area contributed by atoms with Crippen LogP contribution in [-0.2, 0) is 31.6 Å². The largest absolute Gasteiger partial charge is 0.490 e. The standard InChI is InChI=1S/C10H15N8O11P3/c11-9-8-10(14-3-13-9)18(4-15-8)7-1-5(16-17-12)6(27-7)2-26-31(22,23)29-32(24,25)28-30(19,20)21/h3-7H,1-2H2,(H,22,23)(H,24,25)(H2,11,13,14)(H2,19,20,21)/t5-,6+,7+/m1/s1. The number of imidazole rings is 1. The molecule has 1 aliphatic rings. The van der Waals surface area contributed by atoms with E-state index in [-0.39, 0.29) is 17.8 Å². The maximum Gasteiger partial charge on any atom is 0.490 e. The summed E-state index contributed by atoms with van der Waals surface area (Å²) in [5.74, 6) is 0.113. The van der Waals surface area contributed by atoms with Crippen LogP contribution in [0.25, 0.3) is 21.6 Å². The Morgan fingerprint density at radius 1 is 1.22 bits per heavy atom. The maximum atomic E-state index is 11.9. The van der Waals surface area contributed by atoms with Crippen molar-refractivity contribution in [2.45, 2.75) is 24.8 Å². The maximum absolute atomic E-state index is 11.9. The van der Waals surface area contributed by atoms with E-state index in [4.69, 9.17) is 25.8 Å². The first-order valence-corrected chi connectivity index (χ1v) is 12.7. The number of fused-ring (bicyclic) bond motifs is 1. The van der Waals surface area contributed by atoms with Gasteiger partial charge in [-0.25, -0.2) is 28.6 Å². The third-order valence-electron chi connectivity index (χ3n) is 3.92. The van der Waals surface area contributed by atoms with Crippen LogP contribution in [0.3, 0.4) is 0 Å². The first-order valence-electron chi connectivity index (χ1n) is 8.21. The summed E-state index contributed by atoms with van der Waals surface area (Å²) in [5.41, 5.74) is 15.1. The number of azide groups is 1. The van der Waals surface area contributed by atoms with Gasteiger partial charge in [-0.1, -0.05) is 5.11 Å². The molecule has 0 bridgehead atoms. The van der Waals surface area contributed by atoms with Crippen LogP contribution in [0, 0.1) is 0 Å². The summed E-state index contributed by atoms with van der Waals surface area (Å²) in [6.45, 7) is -0.784. The zero-order chi connectivity index (χ0) is 23.7. The summed E-state index contributed by atoms with van der Waals surface area (Å²) in [5, 5.41) is 3.53. The van der Waals surface area contributed by atoms with Gasteiger partial charge in [-0.3, -0.25) is 9.09 Å². The number of aromatic nitrogens is 4. The Morgan fingerprint density at radius 3 is 2.59 bits per heavy atom. The molecule has 6 N–H and O–H groups in total. The number of phosphoric acid groups is 3. The van der Waals surface area contributed by atoms with Crippen LogP contribution in [0.1, 0.15) is 12.6 Å². The number of hydrogen-bond donors (Lipinski definition) is 5. The molecule has 1 fully saturated rings. The highest BCUT2D eigenvalue weighted by molar-refractivity contribution is 7.66. The summed E-state index contributed by atoms with van der Waals surface area (Å²) in [6, 6.07) is -0.922. The molecule has 0 saturated carbocycles. The third kappa shape index (κ3) is 6.08. The molecule has 0 spiro atoms. The molecular weight excluding hydrogens is 501 g/mol. The lowest BCUT2D eigenvalue weighted by Crippen LogP contribution is -2.24. The van der Waals surface area contributed by atoms with Crippen LogP contribution in [0.5, 0.6) is 0 Å². The van der Waals surface area contributed by atoms with Gasteiger partial charge in [0.2, 0.25) is 0 Å². The van der Waals surface area contributed by atoms with E-state index < -0.39 is 48.4 Å². The second-order valence-electron chi connectivity index (χ2n) is 6.11. The number of ether oxygens (including phenoxy) is 1. The van der Waals surface area contributed by atoms with Gasteiger partial charge in [0.15, 0.2) is 11.5 Å². The smallest absolute Gasteiger partial charge is 0.382 e. The molecule has 2 aromatic rings. The Hall–Kier alpha value is -1.97. The van der Waals surface area contributed by atoms with Crippen LogP contribution >= 0.6 is 23.5 Å². The summed E-state index contributed by atoms with van der Waals surface area (Å²) in [4.78, 5) is 50.4. The molecule has 19 nitrogen and oxygen atoms in total. The quantitative estimate of drug-likeness (QED) is 0.133. The monoisotopic (exact) mass is 516 g/mol. The summed E-state index contributed by atoms with van der Waals surface area (Å²) in [7, 11) is -16.6. The number of anilines is 1. The summed E-state index contributed by atoms with van der Waals surface area (Å²) in [6.07, 6.45) is 0.640. The van der Waals surface area contributed by atoms with E-state index in [0.717, 1.165) is 0 Å². The van der Waals surface area contributed by atoms with Gasteiger partial charge in [0.1, 0.15) is 18.1 Å². The second-order valence-corrected chi connectivity index (χ2v) is 10.5. The van der Waals surface area contributed by atoms with E-state index in [0.29, 0.717) is 5.65 Å². The van der Waals surface area contributed by atoms with E-state index in [1.807, 2.05) is 0 Å². The molecular formula is C10H15N8O11P3. The van der Waals surface area contributed by atoms with Crippen molar-refractivity contribution in [3.8, 4) is 0 Å². The van der Waals surface area contributed by atoms with Gasteiger partial charge in [-0.2, -0.15) is 8.62 Å². The molecule has 0 aromatic carbocycles. The van der Waals surface area contributed by atoms with Crippen molar-refractivity contribution in [1.82, 2.24) is 19.5 Å². The average Bonchev–Trinajstić information content (AvgIpc) is 3.22. The van der Waals surface area contributed by atoms with Crippen LogP contribution in [-0.4, -0.2) is 57.8 Å². The molecule has 0 radical (unpaired) electrons. The van der Waals surface area contributed by atoms with Crippen molar-refractivity contribution < 1.29 is 51.2 Å². The normalized spacial score (nSPS) is 25.2. The number of hydrogen-bond acceptors (Lipinski definition) is 12. The number of nitrogens with zero attached hydrogens (tertiary/aromatic N) is 7. The van der Waals surface area contributed by atoms with Gasteiger partial charge in [0.25, 0.3) is 0 Å². The first-order chi connectivity index (χ1) is 14.8. The van der Waals surface area contributed by atoms with Gasteiger partial charge >= 0.3 is 23.5 Å². The van der Waals surface area contributed by atoms with Crippen molar-refractivity contribution in [2.24, 2.45) is 5.11 Å². The zero-order valence-electron chi connectivity index (χ0n) is 15.5. The molecule has 22 heteroatoms. The molecule has 1 aliphatic heterocycles. The lowest BCUT2D eigenvalue weighted by atomic mass is 10.1. The highest BCUT2D eigenvalue weighted by Gasteiger charge is 2.43. The fourth-order valence-electron chi connectivity index (χ4n) is 2.78. The van der Waals surface area contributed by atoms with Crippen LogP contribution in [0.2, 0.25) is 0 Å². The van der Waals surface area contributed by atoms with Gasteiger partial charge in [0, 0.05) is 11.3 Å². The zero-order valence-corrected chi connectivity index (χ0v) is 18.2. The number of rotatable bonds is 9. The molecule has 176 valence electrons. The van der Waals surface area contributed by atoms with E-state index in [2.05, 4.69) is 38.1 Å². The minimum Gasteiger partial charge on any atom is -0.382 e. The fraction of sp³-hybridized carbons (Fsp3) is 0.500. The summed E-state index contributed by atoms with van der Waals surface area (Å²) < 4.78 is 52.9. The minimum atomic E-state index is -5.67. The van der Waals surface area contributed by atoms with E-state index >= 15 is 0 Å². The topological polar surface area (TPSA) is 287 Å². The van der Waals surface area contributed by atoms with E-state index in [1.165, 1.54) is 17.2 Å². The third-order valence-corrected chi connectivity index (χ3v) is 7.72. The molecule has 32 heavy (non-hydrogen) atoms. The minimum absolute atomic E-state index is 0.0594. The highest BCUT2D eigenvalue weighted by Crippen LogP contribution is 2.66. The molecule has 2 aromatic heterocycles. The molecule has 1 saturated heterocycles. The lowest BCUT2D eigenvalue weighted by molar-refractivity contribution is -0.0230. The number of phosphoric ester groups is 1. The van der Waals surface area contributed by atoms with Crippen molar-refractivity contribution in [1.29, 1.82) is 0 Å². The van der Waals surface area contributed by atoms with Crippen molar-refractivity contribution in [2.75, 3.05) is 12.3 Å². The van der Waals surface area contributed by atoms with Gasteiger partial charge in [0.05, 0.1) is 25.1 Å². The molecule has 2 unspecified atom stereocenters. The average molecular weight is 516 g/mol. The Bertz CT molecular complexity index is 1190. The number of nitrogens with two attached hydrogens (primary N) is 1. The van der Waals surface area contributed by atoms with Gasteiger partial charge in [-0.05, 0) is 5.53 Å². The van der Waals surface area contributed by atoms with Crippen LogP contribution < -0.4 is 5.73 Å².